The average Bonchev–Trinajstić information content (AvgIpc) is 2.53. The molecule has 0 bridgehead atoms. The van der Waals surface area contributed by atoms with E-state index in [-0.39, 0.29) is 0 Å². The van der Waals surface area contributed by atoms with Gasteiger partial charge >= 0.3 is 18.8 Å². The van der Waals surface area contributed by atoms with Crippen molar-refractivity contribution in [3.63, 3.8) is 0 Å². The Kier molecular flexibility index (Phi) is 7.59. The summed E-state index contributed by atoms with van der Waals surface area (Å²) < 4.78 is 12.7. The van der Waals surface area contributed by atoms with Crippen molar-refractivity contribution in [1.82, 2.24) is 0 Å². The Hall–Kier alpha value is -2.12. The van der Waals surface area contributed by atoms with E-state index in [0.717, 1.165) is 33.4 Å². The van der Waals surface area contributed by atoms with Crippen LogP contribution in [0.15, 0.2) is 24.3 Å². The summed E-state index contributed by atoms with van der Waals surface area (Å²) in [6, 6.07) is 7.49. The third kappa shape index (κ3) is 4.53. The van der Waals surface area contributed by atoms with E-state index in [9.17, 15) is 14.2 Å². The normalized spacial score (nSPS) is 10.0. The number of carbonyl (C=O) groups is 2. The summed E-state index contributed by atoms with van der Waals surface area (Å²) in [5.74, 6) is 0. The first-order chi connectivity index (χ1) is 12.1. The molecule has 0 unspecified atom stereocenters. The molecule has 0 aromatic heterocycles. The summed E-state index contributed by atoms with van der Waals surface area (Å²) in [4.78, 5) is 25.4. The summed E-state index contributed by atoms with van der Waals surface area (Å²) >= 11 is 0. The number of hydrogen-bond acceptors (Lipinski definition) is 3. The molecule has 0 heterocycles. The molecule has 2 rings (SSSR count). The van der Waals surface area contributed by atoms with Crippen LogP contribution in [0.25, 0.3) is 0 Å². The van der Waals surface area contributed by atoms with Crippen LogP contribution in [0.4, 0.5) is 0 Å². The summed E-state index contributed by atoms with van der Waals surface area (Å²) in [5, 5.41) is 0. The van der Waals surface area contributed by atoms with E-state index >= 15 is 0 Å². The van der Waals surface area contributed by atoms with Crippen LogP contribution in [0, 0.1) is 41.5 Å². The van der Waals surface area contributed by atoms with Gasteiger partial charge in [0.2, 0.25) is 0 Å². The zero-order valence-corrected chi connectivity index (χ0v) is 17.9. The zero-order valence-electron chi connectivity index (χ0n) is 17.0. The molecule has 0 aliphatic rings. The minimum absolute atomic E-state index is 0.400. The molecule has 26 heavy (non-hydrogen) atoms. The molecular weight excluding hydrogens is 343 g/mol. The number of rotatable bonds is 4. The first kappa shape index (κ1) is 21.9. The molecule has 138 valence electrons. The van der Waals surface area contributed by atoms with Gasteiger partial charge in [0, 0.05) is 0 Å². The molecule has 0 saturated carbocycles. The molecule has 0 atom stereocenters. The molecule has 3 nitrogen and oxygen atoms in total. The van der Waals surface area contributed by atoms with Crippen molar-refractivity contribution >= 4 is 18.8 Å². The van der Waals surface area contributed by atoms with Crippen molar-refractivity contribution in [1.29, 1.82) is 0 Å². The van der Waals surface area contributed by atoms with Crippen LogP contribution in [0.1, 0.15) is 67.9 Å². The topological polar surface area (TPSA) is 51.2 Å². The predicted molar refractivity (Wildman–Crippen MR) is 109 cm³/mol. The first-order valence-electron chi connectivity index (χ1n) is 8.85. The number of hydrogen-bond donors (Lipinski definition) is 0. The van der Waals surface area contributed by atoms with Crippen molar-refractivity contribution < 1.29 is 14.2 Å². The Balaban J connectivity index is 0.00000163. The quantitative estimate of drug-likeness (QED) is 0.587. The van der Waals surface area contributed by atoms with Gasteiger partial charge in [0.25, 0.3) is 0 Å². The summed E-state index contributed by atoms with van der Waals surface area (Å²) in [7, 11) is -2.67. The highest BCUT2D eigenvalue weighted by molar-refractivity contribution is 7.80. The molecule has 0 saturated heterocycles. The Morgan fingerprint density at radius 3 is 1.08 bits per heavy atom. The van der Waals surface area contributed by atoms with E-state index in [1.165, 1.54) is 0 Å². The standard InChI is InChI=1S/C20H22O3P.C2H6/c1-11-7-13(3)17(14(4)8-11)19(21)24(23)20(22)18-15(5)9-12(2)10-16(18)6;1-2/h7-10H,1-6H3;1-2H3/q+1;. The molecule has 0 fully saturated rings. The van der Waals surface area contributed by atoms with Gasteiger partial charge in [0.15, 0.2) is 0 Å². The van der Waals surface area contributed by atoms with Gasteiger partial charge in [0.05, 0.1) is 11.1 Å². The lowest BCUT2D eigenvalue weighted by Gasteiger charge is -2.07. The first-order valence-corrected chi connectivity index (χ1v) is 10.1. The molecule has 2 aromatic rings. The SMILES string of the molecule is CC.Cc1cc(C)c(C(=O)[P+](=O)C(=O)c2c(C)cc(C)cc2C)c(C)c1. The highest BCUT2D eigenvalue weighted by Crippen LogP contribution is 2.36. The summed E-state index contributed by atoms with van der Waals surface area (Å²) in [5.41, 5.74) is 4.74. The van der Waals surface area contributed by atoms with Crippen LogP contribution >= 0.6 is 7.80 Å². The van der Waals surface area contributed by atoms with Crippen molar-refractivity contribution in [2.24, 2.45) is 0 Å². The molecule has 0 amide bonds. The van der Waals surface area contributed by atoms with E-state index in [1.807, 2.05) is 79.7 Å². The second-order valence-electron chi connectivity index (χ2n) is 6.45. The molecule has 0 radical (unpaired) electrons. The van der Waals surface area contributed by atoms with E-state index in [4.69, 9.17) is 0 Å². The summed E-state index contributed by atoms with van der Waals surface area (Å²) in [6.07, 6.45) is 0. The molecule has 0 N–H and O–H groups in total. The monoisotopic (exact) mass is 371 g/mol. The molecule has 0 aliphatic heterocycles. The van der Waals surface area contributed by atoms with Crippen molar-refractivity contribution in [3.05, 3.63) is 68.8 Å². The molecule has 0 aliphatic carbocycles. The second-order valence-corrected chi connectivity index (χ2v) is 7.85. The molecule has 4 heteroatoms. The number of benzene rings is 2. The Labute approximate surface area is 157 Å². The van der Waals surface area contributed by atoms with E-state index in [2.05, 4.69) is 0 Å². The average molecular weight is 371 g/mol. The lowest BCUT2D eigenvalue weighted by Crippen LogP contribution is -2.08. The largest absolute Gasteiger partial charge is 0.501 e. The fraction of sp³-hybridized carbons (Fsp3) is 0.364. The lowest BCUT2D eigenvalue weighted by molar-refractivity contribution is 0.104. The van der Waals surface area contributed by atoms with Crippen LogP contribution in [0.3, 0.4) is 0 Å². The third-order valence-electron chi connectivity index (χ3n) is 4.15. The van der Waals surface area contributed by atoms with Gasteiger partial charge in [-0.05, 0) is 63.8 Å². The van der Waals surface area contributed by atoms with Gasteiger partial charge in [-0.1, -0.05) is 53.8 Å². The second kappa shape index (κ2) is 9.00. The zero-order chi connectivity index (χ0) is 20.2. The van der Waals surface area contributed by atoms with Gasteiger partial charge in [-0.2, -0.15) is 0 Å². The fourth-order valence-corrected chi connectivity index (χ4v) is 4.63. The minimum Gasteiger partial charge on any atom is -0.234 e. The summed E-state index contributed by atoms with van der Waals surface area (Å²) in [6.45, 7) is 15.1. The smallest absolute Gasteiger partial charge is 0.234 e. The van der Waals surface area contributed by atoms with Crippen molar-refractivity contribution in [3.8, 4) is 0 Å². The number of carbonyl (C=O) groups excluding carboxylic acids is 2. The van der Waals surface area contributed by atoms with Gasteiger partial charge in [0.1, 0.15) is 0 Å². The van der Waals surface area contributed by atoms with Gasteiger partial charge < -0.3 is 0 Å². The lowest BCUT2D eigenvalue weighted by atomic mass is 10.0. The predicted octanol–water partition coefficient (Wildman–Crippen LogP) is 6.37. The Bertz CT molecular complexity index is 761. The van der Waals surface area contributed by atoms with Crippen LogP contribution in [-0.2, 0) is 4.57 Å². The maximum atomic E-state index is 12.7. The third-order valence-corrected chi connectivity index (χ3v) is 5.34. The highest BCUT2D eigenvalue weighted by Gasteiger charge is 2.42. The van der Waals surface area contributed by atoms with Crippen molar-refractivity contribution in [2.45, 2.75) is 55.4 Å². The van der Waals surface area contributed by atoms with Crippen LogP contribution < -0.4 is 0 Å². The van der Waals surface area contributed by atoms with Crippen LogP contribution in [-0.4, -0.2) is 11.0 Å². The Morgan fingerprint density at radius 2 is 0.846 bits per heavy atom. The maximum absolute atomic E-state index is 12.7. The van der Waals surface area contributed by atoms with Gasteiger partial charge in [-0.3, -0.25) is 0 Å². The van der Waals surface area contributed by atoms with Crippen molar-refractivity contribution in [2.75, 3.05) is 0 Å². The van der Waals surface area contributed by atoms with Crippen LogP contribution in [0.5, 0.6) is 0 Å². The molecule has 0 spiro atoms. The fourth-order valence-electron chi connectivity index (χ4n) is 3.33. The minimum atomic E-state index is -2.67. The maximum Gasteiger partial charge on any atom is 0.501 e. The van der Waals surface area contributed by atoms with E-state index < -0.39 is 18.8 Å². The van der Waals surface area contributed by atoms with E-state index in [0.29, 0.717) is 11.1 Å². The van der Waals surface area contributed by atoms with Crippen LogP contribution in [0.2, 0.25) is 0 Å². The molecular formula is C22H28O3P+. The van der Waals surface area contributed by atoms with Gasteiger partial charge in [-0.15, -0.1) is 0 Å². The van der Waals surface area contributed by atoms with Gasteiger partial charge in [-0.25, -0.2) is 9.59 Å². The Morgan fingerprint density at radius 1 is 0.615 bits per heavy atom. The highest BCUT2D eigenvalue weighted by atomic mass is 31.1. The van der Waals surface area contributed by atoms with E-state index in [1.54, 1.807) is 0 Å². The molecule has 2 aromatic carbocycles. The number of aryl methyl sites for hydroxylation is 6.